The van der Waals surface area contributed by atoms with Gasteiger partial charge in [-0.05, 0) is 0 Å². The van der Waals surface area contributed by atoms with Crippen LogP contribution in [0.4, 0.5) is 0 Å². The van der Waals surface area contributed by atoms with E-state index < -0.39 is 0 Å². The monoisotopic (exact) mass is 144 g/mol. The van der Waals surface area contributed by atoms with Gasteiger partial charge in [-0.1, -0.05) is 0 Å². The van der Waals surface area contributed by atoms with E-state index >= 15 is 0 Å². The molecule has 0 aliphatic rings. The van der Waals surface area contributed by atoms with Crippen LogP contribution < -0.4 is 0 Å². The Morgan fingerprint density at radius 3 is 0.600 bits per heavy atom. The van der Waals surface area contributed by atoms with Crippen LogP contribution in [0, 0.1) is 7.43 Å². The van der Waals surface area contributed by atoms with Crippen molar-refractivity contribution >= 4 is 32.9 Å². The number of rotatable bonds is 0. The molecule has 0 aromatic rings. The third kappa shape index (κ3) is 32.6. The third-order valence-corrected chi connectivity index (χ3v) is 0. The summed E-state index contributed by atoms with van der Waals surface area (Å²) in [6.45, 7) is 0. The van der Waals surface area contributed by atoms with Gasteiger partial charge in [0.25, 0.3) is 0 Å². The minimum Gasteiger partial charge on any atom is 0 e. The Hall–Kier alpha value is 1.36. The molecule has 0 aromatic heterocycles. The van der Waals surface area contributed by atoms with Gasteiger partial charge >= 0.3 is 0 Å². The molecular weight excluding hydrogens is 144 g/mol. The second-order valence-corrected chi connectivity index (χ2v) is 0. The summed E-state index contributed by atoms with van der Waals surface area (Å²) in [6, 6.07) is 0. The van der Waals surface area contributed by atoms with Gasteiger partial charge in [0.05, 0.1) is 0 Å². The van der Waals surface area contributed by atoms with E-state index in [0.29, 0.717) is 0 Å². The van der Waals surface area contributed by atoms with Gasteiger partial charge in [-0.15, -0.1) is 0 Å². The molecule has 0 unspecified atom stereocenters. The van der Waals surface area contributed by atoms with E-state index in [1.54, 1.807) is 0 Å². The molecule has 0 rings (SSSR count). The zero-order chi connectivity index (χ0) is 0. The topological polar surface area (TPSA) is 0 Å². The van der Waals surface area contributed by atoms with E-state index in [0.717, 1.165) is 0 Å². The third-order valence-electron chi connectivity index (χ3n) is 0. The fraction of sp³-hybridized carbons (Fsp3) is 0. The molecule has 0 atom stereocenters. The van der Waals surface area contributed by atoms with Crippen LogP contribution >= 0.6 is 0 Å². The normalized spacial score (nSPS) is 0. The molecule has 4 heteroatoms. The first kappa shape index (κ1) is 98.3. The van der Waals surface area contributed by atoms with Crippen molar-refractivity contribution < 1.29 is 21.7 Å². The van der Waals surface area contributed by atoms with Gasteiger partial charge < -0.3 is 0 Å². The summed E-state index contributed by atoms with van der Waals surface area (Å²) < 4.78 is 0. The second kappa shape index (κ2) is 54.9. The molecule has 0 N–H and O–H groups in total. The summed E-state index contributed by atoms with van der Waals surface area (Å²) in [6.07, 6.45) is 0. The van der Waals surface area contributed by atoms with Crippen LogP contribution in [0.2, 0.25) is 0 Å². The van der Waals surface area contributed by atoms with Gasteiger partial charge in [-0.25, -0.2) is 0 Å². The standard InChI is InChI=1S/C.3Si.Ti. The molecule has 0 heterocycles. The summed E-state index contributed by atoms with van der Waals surface area (Å²) >= 11 is 0. The minimum absolute atomic E-state index is 0. The predicted molar refractivity (Wildman–Crippen MR) is 20.5 cm³/mol. The Morgan fingerprint density at radius 1 is 0.600 bits per heavy atom. The first-order valence-corrected chi connectivity index (χ1v) is 0. The Kier molecular flexibility index (Phi) is 1080. The van der Waals surface area contributed by atoms with Gasteiger partial charge in [0.1, 0.15) is 0 Å². The van der Waals surface area contributed by atoms with E-state index in [1.807, 2.05) is 0 Å². The van der Waals surface area contributed by atoms with Crippen molar-refractivity contribution in [3.05, 3.63) is 7.43 Å². The van der Waals surface area contributed by atoms with Gasteiger partial charge in [-0.2, -0.15) is 0 Å². The molecule has 0 spiro atoms. The van der Waals surface area contributed by atoms with Crippen LogP contribution in [-0.4, -0.2) is 32.9 Å². The van der Waals surface area contributed by atoms with Crippen molar-refractivity contribution in [2.45, 2.75) is 0 Å². The molecule has 0 saturated carbocycles. The van der Waals surface area contributed by atoms with Gasteiger partial charge in [0, 0.05) is 62.0 Å². The quantitative estimate of drug-likeness (QED) is 0.380. The molecule has 0 bridgehead atoms. The van der Waals surface area contributed by atoms with Gasteiger partial charge in [-0.3, -0.25) is 0 Å². The fourth-order valence-electron chi connectivity index (χ4n) is 0. The van der Waals surface area contributed by atoms with Crippen molar-refractivity contribution in [2.24, 2.45) is 0 Å². The van der Waals surface area contributed by atoms with Crippen LogP contribution in [0.25, 0.3) is 0 Å². The summed E-state index contributed by atoms with van der Waals surface area (Å²) in [4.78, 5) is 0. The zero-order valence-corrected chi connectivity index (χ0v) is 7.06. The molecule has 20 valence electrons. The van der Waals surface area contributed by atoms with Gasteiger partial charge in [0.2, 0.25) is 0 Å². The van der Waals surface area contributed by atoms with Crippen LogP contribution in [0.5, 0.6) is 0 Å². The SMILES string of the molecule is [C].[Si].[Si].[Si].[Ti]. The molecule has 0 aliphatic heterocycles. The Labute approximate surface area is 62.1 Å². The van der Waals surface area contributed by atoms with Crippen LogP contribution in [0.3, 0.4) is 0 Å². The van der Waals surface area contributed by atoms with E-state index in [2.05, 4.69) is 0 Å². The smallest absolute Gasteiger partial charge is 0 e. The van der Waals surface area contributed by atoms with Crippen molar-refractivity contribution in [2.75, 3.05) is 0 Å². The molecule has 5 heavy (non-hydrogen) atoms. The van der Waals surface area contributed by atoms with E-state index in [1.165, 1.54) is 0 Å². The van der Waals surface area contributed by atoms with Crippen molar-refractivity contribution in [3.63, 3.8) is 0 Å². The zero-order valence-electron chi connectivity index (χ0n) is 2.50. The van der Waals surface area contributed by atoms with Gasteiger partial charge in [0.15, 0.2) is 0 Å². The maximum absolute atomic E-state index is 0. The number of hydrogen-bond acceptors (Lipinski definition) is 0. The Balaban J connectivity index is 0. The molecule has 0 aromatic carbocycles. The number of hydrogen-bond donors (Lipinski definition) is 0. The first-order valence-electron chi connectivity index (χ1n) is 0. The van der Waals surface area contributed by atoms with E-state index in [9.17, 15) is 0 Å². The molecule has 16 radical (unpaired) electrons. The molecule has 0 amide bonds. The van der Waals surface area contributed by atoms with E-state index in [4.69, 9.17) is 0 Å². The fourth-order valence-corrected chi connectivity index (χ4v) is 0. The first-order chi connectivity index (χ1) is 0. The largest absolute Gasteiger partial charge is 0 e. The average molecular weight is 144 g/mol. The summed E-state index contributed by atoms with van der Waals surface area (Å²) in [7, 11) is 0. The maximum atomic E-state index is 0. The van der Waals surface area contributed by atoms with Crippen LogP contribution in [0.1, 0.15) is 0 Å². The van der Waals surface area contributed by atoms with Crippen molar-refractivity contribution in [1.29, 1.82) is 0 Å². The summed E-state index contributed by atoms with van der Waals surface area (Å²) in [5.41, 5.74) is 0. The van der Waals surface area contributed by atoms with Crippen molar-refractivity contribution in [3.8, 4) is 0 Å². The second-order valence-electron chi connectivity index (χ2n) is 0. The molecular formula is CSi3Ti. The van der Waals surface area contributed by atoms with Crippen LogP contribution in [-0.2, 0) is 21.7 Å². The maximum Gasteiger partial charge on any atom is 0 e. The van der Waals surface area contributed by atoms with Crippen molar-refractivity contribution in [1.82, 2.24) is 0 Å². The Morgan fingerprint density at radius 2 is 0.600 bits per heavy atom. The van der Waals surface area contributed by atoms with E-state index in [-0.39, 0.29) is 62.0 Å². The Bertz CT molecular complexity index is 6.85. The summed E-state index contributed by atoms with van der Waals surface area (Å²) in [5.74, 6) is 0. The molecule has 0 aliphatic carbocycles. The van der Waals surface area contributed by atoms with Crippen LogP contribution in [0.15, 0.2) is 0 Å². The minimum atomic E-state index is 0. The summed E-state index contributed by atoms with van der Waals surface area (Å²) in [5, 5.41) is 0. The molecule has 0 fully saturated rings. The molecule has 0 saturated heterocycles. The molecule has 0 nitrogen and oxygen atoms in total. The average Bonchev–Trinajstić information content (AvgIpc) is 0. The predicted octanol–water partition coefficient (Wildman–Crippen LogP) is -1.06.